The molecule has 3 fully saturated rings. The van der Waals surface area contributed by atoms with E-state index in [2.05, 4.69) is 33.2 Å². The normalized spacial score (nSPS) is 23.3. The number of nitrogens with zero attached hydrogens (tertiary/aromatic N) is 2. The number of aromatic nitrogens is 1. The highest BCUT2D eigenvalue weighted by Gasteiger charge is 2.43. The Hall–Kier alpha value is -3.97. The topological polar surface area (TPSA) is 83.6 Å². The second-order valence-corrected chi connectivity index (χ2v) is 10.4. The van der Waals surface area contributed by atoms with Crippen molar-refractivity contribution >= 4 is 22.3 Å². The fourth-order valence-corrected chi connectivity index (χ4v) is 6.29. The van der Waals surface area contributed by atoms with Crippen LogP contribution in [0.4, 0.5) is 11.4 Å². The number of fused-ring (bicyclic) bond motifs is 4. The molecule has 0 radical (unpaired) electrons. The van der Waals surface area contributed by atoms with Crippen LogP contribution in [0.5, 0.6) is 5.75 Å². The van der Waals surface area contributed by atoms with Crippen LogP contribution in [0.2, 0.25) is 0 Å². The number of methoxy groups -OCH3 is 1. The molecule has 0 saturated carbocycles. The van der Waals surface area contributed by atoms with Gasteiger partial charge in [0, 0.05) is 30.7 Å². The molecule has 7 rings (SSSR count). The van der Waals surface area contributed by atoms with Gasteiger partial charge in [0.15, 0.2) is 0 Å². The van der Waals surface area contributed by atoms with Gasteiger partial charge in [0.2, 0.25) is 0 Å². The lowest BCUT2D eigenvalue weighted by Gasteiger charge is -2.52. The van der Waals surface area contributed by atoms with E-state index in [0.29, 0.717) is 29.8 Å². The zero-order valence-corrected chi connectivity index (χ0v) is 21.5. The Kier molecular flexibility index (Phi) is 6.45. The molecule has 38 heavy (non-hydrogen) atoms. The Balaban J connectivity index is 1.39. The molecule has 3 aliphatic heterocycles. The molecular weight excluding hydrogens is 476 g/mol. The van der Waals surface area contributed by atoms with E-state index in [9.17, 15) is 9.59 Å². The van der Waals surface area contributed by atoms with E-state index < -0.39 is 10.9 Å². The number of hydrogen-bond donors (Lipinski definition) is 2. The second-order valence-electron chi connectivity index (χ2n) is 10.4. The summed E-state index contributed by atoms with van der Waals surface area (Å²) in [6.07, 6.45) is 6.04. The molecule has 0 spiro atoms. The van der Waals surface area contributed by atoms with Crippen LogP contribution in [0.1, 0.15) is 30.0 Å². The molecule has 0 aliphatic carbocycles. The van der Waals surface area contributed by atoms with Gasteiger partial charge in [-0.2, -0.15) is 0 Å². The summed E-state index contributed by atoms with van der Waals surface area (Å²) in [4.78, 5) is 32.6. The van der Waals surface area contributed by atoms with E-state index in [1.807, 2.05) is 60.8 Å². The highest BCUT2D eigenvalue weighted by Crippen LogP contribution is 2.43. The van der Waals surface area contributed by atoms with E-state index in [1.165, 1.54) is 0 Å². The maximum atomic E-state index is 12.9. The first kappa shape index (κ1) is 24.4. The smallest absolute Gasteiger partial charge is 0.253 e. The number of hydrogen-bond acceptors (Lipinski definition) is 7. The quantitative estimate of drug-likeness (QED) is 0.254. The van der Waals surface area contributed by atoms with Crippen LogP contribution in [-0.2, 0) is 6.54 Å². The summed E-state index contributed by atoms with van der Waals surface area (Å²) in [7, 11) is 1.66. The predicted molar refractivity (Wildman–Crippen MR) is 152 cm³/mol. The summed E-state index contributed by atoms with van der Waals surface area (Å²) in [5, 5.41) is 7.76. The molecule has 7 nitrogen and oxygen atoms in total. The van der Waals surface area contributed by atoms with Crippen LogP contribution < -0.4 is 26.2 Å². The molecule has 194 valence electrons. The number of nitrogens with one attached hydrogen (secondary N) is 2. The fraction of sp³-hybridized carbons (Fsp3) is 0.323. The fourth-order valence-electron chi connectivity index (χ4n) is 6.29. The van der Waals surface area contributed by atoms with E-state index in [0.717, 1.165) is 53.7 Å². The first-order valence-electron chi connectivity index (χ1n) is 13.2. The average molecular weight is 509 g/mol. The lowest BCUT2D eigenvalue weighted by atomic mass is 9.73. The van der Waals surface area contributed by atoms with Gasteiger partial charge in [-0.1, -0.05) is 36.4 Å². The van der Waals surface area contributed by atoms with Gasteiger partial charge in [0.1, 0.15) is 17.1 Å². The van der Waals surface area contributed by atoms with Crippen molar-refractivity contribution in [2.75, 3.05) is 30.8 Å². The van der Waals surface area contributed by atoms with Crippen molar-refractivity contribution in [2.45, 2.75) is 31.5 Å². The molecule has 4 aromatic rings. The Labute approximate surface area is 221 Å². The van der Waals surface area contributed by atoms with Gasteiger partial charge in [-0.25, -0.2) is 0 Å². The van der Waals surface area contributed by atoms with E-state index >= 15 is 0 Å². The minimum atomic E-state index is -0.472. The summed E-state index contributed by atoms with van der Waals surface area (Å²) in [5.41, 5.74) is 2.74. The Bertz CT molecular complexity index is 1540. The summed E-state index contributed by atoms with van der Waals surface area (Å²) >= 11 is 0. The standard InChI is InChI=1S/C31H32N4O3/c1-3-20-18-35-14-12-21(20)15-26(35)27(23-11-13-32-25-10-9-22(38-2)16-24(23)25)34-29-28(30(36)31(29)37)33-17-19-7-5-4-6-8-19/h3-11,13,16,20-21,26-27,33-34H,1,12,14-15,17-18H2,2H3/t20-,21-,26+,27+/m0/s1. The highest BCUT2D eigenvalue weighted by molar-refractivity contribution is 5.85. The van der Waals surface area contributed by atoms with Gasteiger partial charge in [0.05, 0.1) is 18.7 Å². The molecule has 0 amide bonds. The molecule has 3 aliphatic rings. The summed E-state index contributed by atoms with van der Waals surface area (Å²) in [6.45, 7) is 6.51. The maximum absolute atomic E-state index is 12.9. The van der Waals surface area contributed by atoms with Crippen molar-refractivity contribution in [3.63, 3.8) is 0 Å². The van der Waals surface area contributed by atoms with Crippen LogP contribution in [0, 0.1) is 11.8 Å². The summed E-state index contributed by atoms with van der Waals surface area (Å²) in [6, 6.07) is 17.7. The van der Waals surface area contributed by atoms with Crippen molar-refractivity contribution in [1.29, 1.82) is 0 Å². The lowest BCUT2D eigenvalue weighted by molar-refractivity contribution is 0.0105. The van der Waals surface area contributed by atoms with Crippen LogP contribution in [0.3, 0.4) is 0 Å². The van der Waals surface area contributed by atoms with Crippen LogP contribution >= 0.6 is 0 Å². The number of rotatable bonds is 9. The third-order valence-corrected chi connectivity index (χ3v) is 8.38. The monoisotopic (exact) mass is 508 g/mol. The van der Waals surface area contributed by atoms with Gasteiger partial charge >= 0.3 is 0 Å². The molecule has 1 unspecified atom stereocenters. The number of benzene rings is 2. The molecule has 3 saturated heterocycles. The van der Waals surface area contributed by atoms with Crippen molar-refractivity contribution in [1.82, 2.24) is 9.88 Å². The predicted octanol–water partition coefficient (Wildman–Crippen LogP) is 4.50. The third-order valence-electron chi connectivity index (χ3n) is 8.38. The van der Waals surface area contributed by atoms with Crippen LogP contribution in [-0.4, -0.2) is 36.1 Å². The lowest BCUT2D eigenvalue weighted by Crippen LogP contribution is -2.56. The van der Waals surface area contributed by atoms with Crippen molar-refractivity contribution in [3.8, 4) is 5.75 Å². The Morgan fingerprint density at radius 1 is 1.13 bits per heavy atom. The highest BCUT2D eigenvalue weighted by atomic mass is 16.5. The average Bonchev–Trinajstić information content (AvgIpc) is 2.98. The number of anilines is 2. The van der Waals surface area contributed by atoms with Gasteiger partial charge in [0.25, 0.3) is 10.9 Å². The zero-order chi connectivity index (χ0) is 26.2. The van der Waals surface area contributed by atoms with Crippen molar-refractivity contribution < 1.29 is 4.74 Å². The van der Waals surface area contributed by atoms with Gasteiger partial charge in [-0.05, 0) is 66.6 Å². The van der Waals surface area contributed by atoms with Crippen molar-refractivity contribution in [3.05, 3.63) is 105 Å². The molecule has 5 atom stereocenters. The molecule has 1 aromatic heterocycles. The minimum Gasteiger partial charge on any atom is -0.497 e. The van der Waals surface area contributed by atoms with E-state index in [4.69, 9.17) is 4.74 Å². The van der Waals surface area contributed by atoms with Gasteiger partial charge in [-0.3, -0.25) is 19.5 Å². The summed E-state index contributed by atoms with van der Waals surface area (Å²) < 4.78 is 5.53. The largest absolute Gasteiger partial charge is 0.497 e. The molecule has 7 heteroatoms. The molecule has 4 heterocycles. The molecular formula is C31H32N4O3. The molecule has 2 N–H and O–H groups in total. The Morgan fingerprint density at radius 2 is 1.95 bits per heavy atom. The molecule has 3 aromatic carbocycles. The number of piperidine rings is 3. The maximum Gasteiger partial charge on any atom is 0.253 e. The third kappa shape index (κ3) is 4.27. The second kappa shape index (κ2) is 10.1. The number of pyridine rings is 1. The summed E-state index contributed by atoms with van der Waals surface area (Å²) in [5.74, 6) is 1.78. The first-order chi connectivity index (χ1) is 18.6. The SMILES string of the molecule is C=C[C@H]1CN2CC[C@H]1C[C@@H]2[C@H](Nc1c(NCc2ccccc2)c(=O)c1=O)c1ccnc2ccc(OC)cc12. The number of ether oxygens (including phenoxy) is 1. The van der Waals surface area contributed by atoms with E-state index in [1.54, 1.807) is 7.11 Å². The first-order valence-corrected chi connectivity index (χ1v) is 13.2. The van der Waals surface area contributed by atoms with Crippen LogP contribution in [0.15, 0.2) is 83.0 Å². The van der Waals surface area contributed by atoms with E-state index in [-0.39, 0.29) is 12.1 Å². The Morgan fingerprint density at radius 3 is 2.68 bits per heavy atom. The van der Waals surface area contributed by atoms with Crippen molar-refractivity contribution in [2.24, 2.45) is 11.8 Å². The minimum absolute atomic E-state index is 0.160. The molecule has 2 bridgehead atoms. The van der Waals surface area contributed by atoms with Gasteiger partial charge < -0.3 is 15.4 Å². The van der Waals surface area contributed by atoms with Crippen LogP contribution in [0.25, 0.3) is 10.9 Å². The zero-order valence-electron chi connectivity index (χ0n) is 21.5. The van der Waals surface area contributed by atoms with Gasteiger partial charge in [-0.15, -0.1) is 6.58 Å².